The van der Waals surface area contributed by atoms with E-state index in [9.17, 15) is 4.79 Å². The summed E-state index contributed by atoms with van der Waals surface area (Å²) < 4.78 is 5.23. The first kappa shape index (κ1) is 14.5. The standard InChI is InChI=1S/C12H14N4O3S2/c1-2-6-9(21-4-3-20-6)10-15-11(19-16-10)7-8(12(17)18)14-5-13-7/h5-6,9H,2-4H2,1H3,(H,13,14)(H,17,18). The summed E-state index contributed by atoms with van der Waals surface area (Å²) in [6, 6.07) is 0. The fraction of sp³-hybridized carbons (Fsp3) is 0.500. The third kappa shape index (κ3) is 2.80. The van der Waals surface area contributed by atoms with Crippen LogP contribution in [0.4, 0.5) is 0 Å². The summed E-state index contributed by atoms with van der Waals surface area (Å²) in [5, 5.41) is 13.7. The lowest BCUT2D eigenvalue weighted by atomic mass is 10.2. The van der Waals surface area contributed by atoms with Gasteiger partial charge in [0.25, 0.3) is 5.89 Å². The summed E-state index contributed by atoms with van der Waals surface area (Å²) in [5.41, 5.74) is 0.144. The molecule has 7 nitrogen and oxygen atoms in total. The van der Waals surface area contributed by atoms with Crippen LogP contribution in [0.15, 0.2) is 10.9 Å². The fourth-order valence-electron chi connectivity index (χ4n) is 2.21. The lowest BCUT2D eigenvalue weighted by Gasteiger charge is -2.27. The Kier molecular flexibility index (Phi) is 4.20. The minimum absolute atomic E-state index is 0.108. The first-order valence-corrected chi connectivity index (χ1v) is 8.64. The number of hydrogen-bond donors (Lipinski definition) is 2. The van der Waals surface area contributed by atoms with Crippen LogP contribution in [0.1, 0.15) is 34.9 Å². The maximum absolute atomic E-state index is 11.1. The second-order valence-electron chi connectivity index (χ2n) is 4.50. The Morgan fingerprint density at radius 3 is 3.10 bits per heavy atom. The van der Waals surface area contributed by atoms with Crippen molar-refractivity contribution < 1.29 is 14.4 Å². The molecule has 1 saturated heterocycles. The number of hydrogen-bond acceptors (Lipinski definition) is 7. The number of aromatic amines is 1. The van der Waals surface area contributed by atoms with Crippen LogP contribution in [0.25, 0.3) is 11.6 Å². The molecule has 0 aliphatic carbocycles. The van der Waals surface area contributed by atoms with E-state index in [4.69, 9.17) is 9.63 Å². The number of nitrogens with zero attached hydrogens (tertiary/aromatic N) is 3. The summed E-state index contributed by atoms with van der Waals surface area (Å²) >= 11 is 3.75. The van der Waals surface area contributed by atoms with E-state index >= 15 is 0 Å². The molecule has 0 aromatic carbocycles. The third-order valence-corrected chi connectivity index (χ3v) is 6.45. The summed E-state index contributed by atoms with van der Waals surface area (Å²) in [5.74, 6) is 1.86. The summed E-state index contributed by atoms with van der Waals surface area (Å²) in [7, 11) is 0. The lowest BCUT2D eigenvalue weighted by molar-refractivity contribution is 0.0691. The van der Waals surface area contributed by atoms with Gasteiger partial charge in [0, 0.05) is 16.8 Å². The predicted octanol–water partition coefficient (Wildman–Crippen LogP) is 2.46. The third-order valence-electron chi connectivity index (χ3n) is 3.20. The summed E-state index contributed by atoms with van der Waals surface area (Å²) in [4.78, 5) is 22.0. The number of carboxylic acids is 1. The van der Waals surface area contributed by atoms with Gasteiger partial charge in [0.15, 0.2) is 11.5 Å². The Morgan fingerprint density at radius 2 is 2.33 bits per heavy atom. The molecule has 3 heterocycles. The number of imidazole rings is 1. The van der Waals surface area contributed by atoms with Gasteiger partial charge in [-0.05, 0) is 6.42 Å². The van der Waals surface area contributed by atoms with Gasteiger partial charge < -0.3 is 14.6 Å². The van der Waals surface area contributed by atoms with Gasteiger partial charge in [0.1, 0.15) is 5.69 Å². The maximum atomic E-state index is 11.1. The highest BCUT2D eigenvalue weighted by molar-refractivity contribution is 8.06. The molecule has 1 fully saturated rings. The van der Waals surface area contributed by atoms with Crippen LogP contribution in [0, 0.1) is 0 Å². The van der Waals surface area contributed by atoms with Crippen molar-refractivity contribution in [1.82, 2.24) is 20.1 Å². The number of rotatable bonds is 4. The second kappa shape index (κ2) is 6.10. The van der Waals surface area contributed by atoms with E-state index in [0.29, 0.717) is 11.1 Å². The first-order valence-electron chi connectivity index (χ1n) is 6.54. The molecule has 9 heteroatoms. The van der Waals surface area contributed by atoms with Crippen LogP contribution in [-0.4, -0.2) is 47.9 Å². The van der Waals surface area contributed by atoms with Crippen molar-refractivity contribution in [3.05, 3.63) is 17.8 Å². The predicted molar refractivity (Wildman–Crippen MR) is 80.6 cm³/mol. The van der Waals surface area contributed by atoms with Crippen molar-refractivity contribution in [3.8, 4) is 11.6 Å². The molecule has 2 N–H and O–H groups in total. The van der Waals surface area contributed by atoms with Crippen molar-refractivity contribution in [1.29, 1.82) is 0 Å². The van der Waals surface area contributed by atoms with Crippen molar-refractivity contribution in [2.24, 2.45) is 0 Å². The minimum Gasteiger partial charge on any atom is -0.476 e. The van der Waals surface area contributed by atoms with Crippen LogP contribution in [0.3, 0.4) is 0 Å². The molecule has 112 valence electrons. The second-order valence-corrected chi connectivity index (χ2v) is 7.09. The van der Waals surface area contributed by atoms with Crippen molar-refractivity contribution >= 4 is 29.5 Å². The van der Waals surface area contributed by atoms with Gasteiger partial charge in [0.2, 0.25) is 0 Å². The Morgan fingerprint density at radius 1 is 1.52 bits per heavy atom. The highest BCUT2D eigenvalue weighted by atomic mass is 32.2. The van der Waals surface area contributed by atoms with Crippen LogP contribution in [0.5, 0.6) is 0 Å². The topological polar surface area (TPSA) is 105 Å². The Bertz CT molecular complexity index is 642. The average Bonchev–Trinajstić information content (AvgIpc) is 3.15. The van der Waals surface area contributed by atoms with E-state index < -0.39 is 5.97 Å². The first-order chi connectivity index (χ1) is 10.2. The van der Waals surface area contributed by atoms with Gasteiger partial charge >= 0.3 is 5.97 Å². The number of aromatic nitrogens is 4. The molecule has 2 aromatic heterocycles. The normalized spacial score (nSPS) is 22.3. The van der Waals surface area contributed by atoms with Gasteiger partial charge in [0.05, 0.1) is 11.6 Å². The zero-order valence-corrected chi connectivity index (χ0v) is 12.9. The molecule has 0 bridgehead atoms. The smallest absolute Gasteiger partial charge is 0.356 e. The molecular formula is C12H14N4O3S2. The number of carboxylic acid groups (broad SMARTS) is 1. The highest BCUT2D eigenvalue weighted by Crippen LogP contribution is 2.43. The Labute approximate surface area is 129 Å². The zero-order valence-electron chi connectivity index (χ0n) is 11.3. The maximum Gasteiger partial charge on any atom is 0.356 e. The molecule has 0 saturated carbocycles. The fourth-order valence-corrected chi connectivity index (χ4v) is 5.20. The van der Waals surface area contributed by atoms with E-state index in [-0.39, 0.29) is 22.5 Å². The Balaban J connectivity index is 1.89. The van der Waals surface area contributed by atoms with Crippen molar-refractivity contribution in [2.45, 2.75) is 23.8 Å². The van der Waals surface area contributed by atoms with Gasteiger partial charge in [-0.1, -0.05) is 12.1 Å². The quantitative estimate of drug-likeness (QED) is 0.882. The number of aromatic carboxylic acids is 1. The number of H-pyrrole nitrogens is 1. The summed E-state index contributed by atoms with van der Waals surface area (Å²) in [6.45, 7) is 2.15. The molecule has 0 radical (unpaired) electrons. The molecule has 1 aliphatic heterocycles. The largest absolute Gasteiger partial charge is 0.476 e. The van der Waals surface area contributed by atoms with Crippen LogP contribution in [-0.2, 0) is 0 Å². The molecule has 21 heavy (non-hydrogen) atoms. The highest BCUT2D eigenvalue weighted by Gasteiger charge is 2.31. The average molecular weight is 326 g/mol. The number of nitrogens with one attached hydrogen (secondary N) is 1. The molecule has 2 unspecified atom stereocenters. The van der Waals surface area contributed by atoms with Gasteiger partial charge in [-0.2, -0.15) is 16.7 Å². The van der Waals surface area contributed by atoms with Crippen molar-refractivity contribution in [3.63, 3.8) is 0 Å². The van der Waals surface area contributed by atoms with Crippen LogP contribution in [0.2, 0.25) is 0 Å². The molecule has 1 aliphatic rings. The van der Waals surface area contributed by atoms with Gasteiger partial charge in [-0.3, -0.25) is 0 Å². The van der Waals surface area contributed by atoms with E-state index in [2.05, 4.69) is 27.0 Å². The van der Waals surface area contributed by atoms with Crippen molar-refractivity contribution in [2.75, 3.05) is 11.5 Å². The molecular weight excluding hydrogens is 312 g/mol. The SMILES string of the molecule is CCC1SCCSC1c1noc(-c2[nH]cnc2C(=O)O)n1. The van der Waals surface area contributed by atoms with E-state index in [1.54, 1.807) is 0 Å². The molecule has 0 spiro atoms. The van der Waals surface area contributed by atoms with E-state index in [0.717, 1.165) is 17.9 Å². The Hall–Kier alpha value is -1.48. The van der Waals surface area contributed by atoms with E-state index in [1.807, 2.05) is 23.5 Å². The van der Waals surface area contributed by atoms with Gasteiger partial charge in [-0.15, -0.1) is 11.8 Å². The van der Waals surface area contributed by atoms with E-state index in [1.165, 1.54) is 6.33 Å². The number of thioether (sulfide) groups is 2. The molecule has 2 atom stereocenters. The zero-order chi connectivity index (χ0) is 14.8. The molecule has 0 amide bonds. The monoisotopic (exact) mass is 326 g/mol. The summed E-state index contributed by atoms with van der Waals surface area (Å²) in [6.07, 6.45) is 2.35. The number of carbonyl (C=O) groups is 1. The molecule has 2 aromatic rings. The van der Waals surface area contributed by atoms with Crippen LogP contribution < -0.4 is 0 Å². The molecule has 3 rings (SSSR count). The minimum atomic E-state index is -1.12. The lowest BCUT2D eigenvalue weighted by Crippen LogP contribution is -2.19. The van der Waals surface area contributed by atoms with Crippen LogP contribution >= 0.6 is 23.5 Å². The van der Waals surface area contributed by atoms with Gasteiger partial charge in [-0.25, -0.2) is 9.78 Å².